The minimum absolute atomic E-state index is 0.00990. The summed E-state index contributed by atoms with van der Waals surface area (Å²) in [6.45, 7) is 5.82. The summed E-state index contributed by atoms with van der Waals surface area (Å²) in [5, 5.41) is 6.64. The van der Waals surface area contributed by atoms with Crippen LogP contribution in [0.5, 0.6) is 0 Å². The Bertz CT molecular complexity index is 459. The minimum atomic E-state index is -0.00990. The number of ether oxygens (including phenoxy) is 1. The first-order valence-corrected chi connectivity index (χ1v) is 9.38. The standard InChI is InChI=1S/C13H23ClN4OS2/c1-8-9(2)21-11(7-20-8)12(17-15)13-10(14)6-16-18(13)4-5-19-3/h6,8-9,11-12,17H,4-5,7,15H2,1-3H3. The summed E-state index contributed by atoms with van der Waals surface area (Å²) in [7, 11) is 1.68. The first kappa shape index (κ1) is 17.4. The van der Waals surface area contributed by atoms with Crippen LogP contribution in [0.1, 0.15) is 25.6 Å². The van der Waals surface area contributed by atoms with Gasteiger partial charge >= 0.3 is 0 Å². The van der Waals surface area contributed by atoms with Crippen LogP contribution in [0.2, 0.25) is 5.02 Å². The number of hydrazine groups is 1. The fourth-order valence-electron chi connectivity index (χ4n) is 2.38. The van der Waals surface area contributed by atoms with E-state index in [-0.39, 0.29) is 6.04 Å². The van der Waals surface area contributed by atoms with Crippen molar-refractivity contribution in [1.82, 2.24) is 15.2 Å². The molecule has 0 aromatic carbocycles. The fraction of sp³-hybridized carbons (Fsp3) is 0.769. The molecule has 8 heteroatoms. The van der Waals surface area contributed by atoms with Gasteiger partial charge in [0.15, 0.2) is 0 Å². The highest BCUT2D eigenvalue weighted by Crippen LogP contribution is 2.41. The number of rotatable bonds is 6. The smallest absolute Gasteiger partial charge is 0.0835 e. The molecule has 4 unspecified atom stereocenters. The Morgan fingerprint density at radius 2 is 2.33 bits per heavy atom. The maximum Gasteiger partial charge on any atom is 0.0835 e. The molecule has 21 heavy (non-hydrogen) atoms. The lowest BCUT2D eigenvalue weighted by atomic mass is 10.1. The van der Waals surface area contributed by atoms with E-state index in [2.05, 4.69) is 24.4 Å². The van der Waals surface area contributed by atoms with Crippen molar-refractivity contribution in [3.8, 4) is 0 Å². The molecule has 1 aliphatic heterocycles. The number of hydrogen-bond donors (Lipinski definition) is 2. The van der Waals surface area contributed by atoms with Crippen molar-refractivity contribution in [2.24, 2.45) is 5.84 Å². The zero-order valence-electron chi connectivity index (χ0n) is 12.6. The topological polar surface area (TPSA) is 65.1 Å². The highest BCUT2D eigenvalue weighted by Gasteiger charge is 2.34. The van der Waals surface area contributed by atoms with Gasteiger partial charge in [-0.2, -0.15) is 28.6 Å². The van der Waals surface area contributed by atoms with E-state index in [1.165, 1.54) is 0 Å². The van der Waals surface area contributed by atoms with E-state index in [1.54, 1.807) is 13.3 Å². The van der Waals surface area contributed by atoms with Crippen LogP contribution < -0.4 is 11.3 Å². The second-order valence-corrected chi connectivity index (χ2v) is 8.59. The summed E-state index contributed by atoms with van der Waals surface area (Å²) in [5.41, 5.74) is 3.90. The van der Waals surface area contributed by atoms with Crippen LogP contribution in [0.15, 0.2) is 6.20 Å². The molecule has 1 aromatic rings. The molecule has 2 heterocycles. The van der Waals surface area contributed by atoms with E-state index < -0.39 is 0 Å². The summed E-state index contributed by atoms with van der Waals surface area (Å²) in [4.78, 5) is 0. The Morgan fingerprint density at radius 3 is 2.95 bits per heavy atom. The Balaban J connectivity index is 2.19. The van der Waals surface area contributed by atoms with Crippen LogP contribution in [-0.4, -0.2) is 45.0 Å². The first-order chi connectivity index (χ1) is 10.1. The lowest BCUT2D eigenvalue weighted by Gasteiger charge is -2.35. The number of methoxy groups -OCH3 is 1. The lowest BCUT2D eigenvalue weighted by Crippen LogP contribution is -2.41. The van der Waals surface area contributed by atoms with Gasteiger partial charge in [0.1, 0.15) is 0 Å². The van der Waals surface area contributed by atoms with Gasteiger partial charge in [-0.15, -0.1) is 0 Å². The van der Waals surface area contributed by atoms with Gasteiger partial charge < -0.3 is 4.74 Å². The summed E-state index contributed by atoms with van der Waals surface area (Å²) >= 11 is 10.3. The summed E-state index contributed by atoms with van der Waals surface area (Å²) in [6.07, 6.45) is 1.68. The van der Waals surface area contributed by atoms with Crippen LogP contribution in [0.3, 0.4) is 0 Å². The van der Waals surface area contributed by atoms with E-state index in [1.807, 2.05) is 28.2 Å². The van der Waals surface area contributed by atoms with Crippen LogP contribution in [0.4, 0.5) is 0 Å². The molecule has 1 fully saturated rings. The van der Waals surface area contributed by atoms with E-state index in [0.29, 0.717) is 33.9 Å². The van der Waals surface area contributed by atoms with E-state index in [4.69, 9.17) is 22.2 Å². The van der Waals surface area contributed by atoms with Crippen LogP contribution in [-0.2, 0) is 11.3 Å². The van der Waals surface area contributed by atoms with Crippen LogP contribution >= 0.6 is 35.1 Å². The molecule has 1 aromatic heterocycles. The van der Waals surface area contributed by atoms with Gasteiger partial charge in [-0.05, 0) is 0 Å². The van der Waals surface area contributed by atoms with Crippen molar-refractivity contribution in [1.29, 1.82) is 0 Å². The molecule has 0 aliphatic carbocycles. The van der Waals surface area contributed by atoms with Crippen LogP contribution in [0.25, 0.3) is 0 Å². The van der Waals surface area contributed by atoms with Crippen LogP contribution in [0, 0.1) is 0 Å². The van der Waals surface area contributed by atoms with Gasteiger partial charge in [-0.25, -0.2) is 0 Å². The third kappa shape index (κ3) is 4.09. The van der Waals surface area contributed by atoms with Gasteiger partial charge in [0.05, 0.1) is 36.1 Å². The number of aromatic nitrogens is 2. The summed E-state index contributed by atoms with van der Waals surface area (Å²) in [5.74, 6) is 6.89. The molecule has 0 bridgehead atoms. The SMILES string of the molecule is COCCn1ncc(Cl)c1C(NN)C1CSC(C)C(C)S1. The van der Waals surface area contributed by atoms with Gasteiger partial charge in [0.25, 0.3) is 0 Å². The van der Waals surface area contributed by atoms with Crippen molar-refractivity contribution in [3.05, 3.63) is 16.9 Å². The third-order valence-corrected chi connectivity index (χ3v) is 7.55. The van der Waals surface area contributed by atoms with Crippen molar-refractivity contribution in [2.45, 2.75) is 42.2 Å². The average molecular weight is 351 g/mol. The number of nitrogens with two attached hydrogens (primary N) is 1. The Labute approximate surface area is 139 Å². The zero-order chi connectivity index (χ0) is 15.4. The normalized spacial score (nSPS) is 27.8. The molecule has 120 valence electrons. The van der Waals surface area contributed by atoms with Gasteiger partial charge in [-0.1, -0.05) is 25.4 Å². The maximum absolute atomic E-state index is 6.35. The quantitative estimate of drug-likeness (QED) is 0.606. The number of nitrogens with one attached hydrogen (secondary N) is 1. The zero-order valence-corrected chi connectivity index (χ0v) is 15.0. The Morgan fingerprint density at radius 1 is 1.57 bits per heavy atom. The van der Waals surface area contributed by atoms with Gasteiger partial charge in [0, 0.05) is 28.6 Å². The maximum atomic E-state index is 6.35. The highest BCUT2D eigenvalue weighted by molar-refractivity contribution is 8.07. The largest absolute Gasteiger partial charge is 0.383 e. The third-order valence-electron chi connectivity index (χ3n) is 3.76. The number of thioether (sulfide) groups is 2. The Kier molecular flexibility index (Phi) is 6.71. The number of hydrogen-bond acceptors (Lipinski definition) is 6. The molecule has 3 N–H and O–H groups in total. The second kappa shape index (κ2) is 8.08. The average Bonchev–Trinajstić information content (AvgIpc) is 2.83. The molecule has 0 amide bonds. The lowest BCUT2D eigenvalue weighted by molar-refractivity contribution is 0.181. The van der Waals surface area contributed by atoms with E-state index in [9.17, 15) is 0 Å². The highest BCUT2D eigenvalue weighted by atomic mass is 35.5. The fourth-order valence-corrected chi connectivity index (χ4v) is 5.71. The predicted molar refractivity (Wildman–Crippen MR) is 91.9 cm³/mol. The van der Waals surface area contributed by atoms with Gasteiger partial charge in [0.2, 0.25) is 0 Å². The van der Waals surface area contributed by atoms with Gasteiger partial charge in [-0.3, -0.25) is 16.0 Å². The molecule has 0 saturated carbocycles. The molecule has 5 nitrogen and oxygen atoms in total. The number of halogens is 1. The molecule has 0 radical (unpaired) electrons. The molecular formula is C13H23ClN4OS2. The molecule has 0 spiro atoms. The first-order valence-electron chi connectivity index (χ1n) is 7.01. The minimum Gasteiger partial charge on any atom is -0.383 e. The van der Waals surface area contributed by atoms with E-state index in [0.717, 1.165) is 11.4 Å². The molecular weight excluding hydrogens is 328 g/mol. The van der Waals surface area contributed by atoms with Crippen molar-refractivity contribution in [3.63, 3.8) is 0 Å². The summed E-state index contributed by atoms with van der Waals surface area (Å²) in [6, 6.07) is -0.00990. The Hall–Kier alpha value is 0.0800. The summed E-state index contributed by atoms with van der Waals surface area (Å²) < 4.78 is 7.03. The predicted octanol–water partition coefficient (Wildman–Crippen LogP) is 2.31. The molecule has 4 atom stereocenters. The monoisotopic (exact) mass is 350 g/mol. The van der Waals surface area contributed by atoms with Crippen molar-refractivity contribution < 1.29 is 4.74 Å². The van der Waals surface area contributed by atoms with E-state index >= 15 is 0 Å². The van der Waals surface area contributed by atoms with Crippen molar-refractivity contribution in [2.75, 3.05) is 19.5 Å². The molecule has 1 aliphatic rings. The van der Waals surface area contributed by atoms with Crippen molar-refractivity contribution >= 4 is 35.1 Å². The molecule has 1 saturated heterocycles. The second-order valence-electron chi connectivity index (χ2n) is 5.16. The molecule has 2 rings (SSSR count). The number of nitrogens with zero attached hydrogens (tertiary/aromatic N) is 2.